The predicted octanol–water partition coefficient (Wildman–Crippen LogP) is 0.332. The number of carboxylic acid groups (broad SMARTS) is 1. The van der Waals surface area contributed by atoms with E-state index in [-0.39, 0.29) is 35.4 Å². The Labute approximate surface area is 122 Å². The first kappa shape index (κ1) is 15.5. The molecule has 0 aliphatic heterocycles. The topological polar surface area (TPSA) is 113 Å². The van der Waals surface area contributed by atoms with Gasteiger partial charge in [0.15, 0.2) is 0 Å². The van der Waals surface area contributed by atoms with Crippen LogP contribution in [0.25, 0.3) is 0 Å². The number of rotatable bonds is 7. The molecule has 114 valence electrons. The first-order valence-corrected chi connectivity index (χ1v) is 7.99. The van der Waals surface area contributed by atoms with Gasteiger partial charge in [-0.25, -0.2) is 13.1 Å². The van der Waals surface area contributed by atoms with E-state index >= 15 is 0 Å². The third-order valence-corrected chi connectivity index (χ3v) is 4.41. The number of nitrogens with one attached hydrogen (secondary N) is 2. The molecule has 1 amide bonds. The molecule has 0 unspecified atom stereocenters. The number of hydrogen-bond donors (Lipinski definition) is 3. The van der Waals surface area contributed by atoms with Gasteiger partial charge in [-0.2, -0.15) is 0 Å². The fourth-order valence-corrected chi connectivity index (χ4v) is 2.75. The highest BCUT2D eigenvalue weighted by atomic mass is 32.2. The average Bonchev–Trinajstić information content (AvgIpc) is 3.22. The van der Waals surface area contributed by atoms with Crippen LogP contribution >= 0.6 is 0 Å². The summed E-state index contributed by atoms with van der Waals surface area (Å²) in [5.74, 6) is -1.39. The highest BCUT2D eigenvalue weighted by molar-refractivity contribution is 7.89. The summed E-state index contributed by atoms with van der Waals surface area (Å²) in [5.41, 5.74) is 0.267. The first-order valence-electron chi connectivity index (χ1n) is 6.51. The van der Waals surface area contributed by atoms with Crippen molar-refractivity contribution >= 4 is 21.9 Å². The second kappa shape index (κ2) is 6.23. The van der Waals surface area contributed by atoms with E-state index in [2.05, 4.69) is 10.0 Å². The van der Waals surface area contributed by atoms with Crippen molar-refractivity contribution in [2.45, 2.75) is 30.2 Å². The Morgan fingerprint density at radius 3 is 2.62 bits per heavy atom. The largest absolute Gasteiger partial charge is 0.481 e. The first-order chi connectivity index (χ1) is 9.88. The minimum absolute atomic E-state index is 0.0589. The minimum Gasteiger partial charge on any atom is -0.481 e. The van der Waals surface area contributed by atoms with Crippen molar-refractivity contribution in [1.29, 1.82) is 0 Å². The Hall–Kier alpha value is -1.93. The van der Waals surface area contributed by atoms with Gasteiger partial charge in [0.05, 0.1) is 11.3 Å². The lowest BCUT2D eigenvalue weighted by Crippen LogP contribution is -2.28. The predicted molar refractivity (Wildman–Crippen MR) is 74.4 cm³/mol. The van der Waals surface area contributed by atoms with Crippen LogP contribution in [0.3, 0.4) is 0 Å². The highest BCUT2D eigenvalue weighted by Crippen LogP contribution is 2.20. The third kappa shape index (κ3) is 4.54. The van der Waals surface area contributed by atoms with Crippen molar-refractivity contribution in [2.75, 3.05) is 6.54 Å². The molecule has 3 N–H and O–H groups in total. The zero-order valence-corrected chi connectivity index (χ0v) is 12.0. The molecule has 0 bridgehead atoms. The van der Waals surface area contributed by atoms with Gasteiger partial charge in [0.25, 0.3) is 5.91 Å². The standard InChI is InChI=1S/C13H16N2O5S/c16-12(17)6-7-14-21(19,20)11-3-1-2-9(8-11)13(18)15-10-4-5-10/h1-3,8,10,14H,4-7H2,(H,15,18)(H,16,17). The maximum absolute atomic E-state index is 12.0. The number of carboxylic acids is 1. The summed E-state index contributed by atoms with van der Waals surface area (Å²) in [6.07, 6.45) is 1.59. The van der Waals surface area contributed by atoms with E-state index in [9.17, 15) is 18.0 Å². The van der Waals surface area contributed by atoms with Gasteiger partial charge in [0.2, 0.25) is 10.0 Å². The van der Waals surface area contributed by atoms with E-state index in [0.29, 0.717) is 0 Å². The molecule has 2 rings (SSSR count). The van der Waals surface area contributed by atoms with Crippen molar-refractivity contribution in [3.63, 3.8) is 0 Å². The summed E-state index contributed by atoms with van der Waals surface area (Å²) in [7, 11) is -3.82. The molecular formula is C13H16N2O5S. The van der Waals surface area contributed by atoms with Crippen LogP contribution in [-0.2, 0) is 14.8 Å². The molecule has 0 spiro atoms. The summed E-state index contributed by atoms with van der Waals surface area (Å²) in [6, 6.07) is 5.84. The summed E-state index contributed by atoms with van der Waals surface area (Å²) in [6.45, 7) is -0.198. The summed E-state index contributed by atoms with van der Waals surface area (Å²) in [5, 5.41) is 11.3. The van der Waals surface area contributed by atoms with E-state index in [0.717, 1.165) is 12.8 Å². The van der Waals surface area contributed by atoms with Crippen LogP contribution in [0.2, 0.25) is 0 Å². The molecule has 1 aliphatic rings. The lowest BCUT2D eigenvalue weighted by Gasteiger charge is -2.08. The van der Waals surface area contributed by atoms with Crippen molar-refractivity contribution < 1.29 is 23.1 Å². The minimum atomic E-state index is -3.82. The SMILES string of the molecule is O=C(O)CCNS(=O)(=O)c1cccc(C(=O)NC2CC2)c1. The van der Waals surface area contributed by atoms with Crippen LogP contribution in [0.1, 0.15) is 29.6 Å². The molecule has 1 aliphatic carbocycles. The summed E-state index contributed by atoms with van der Waals surface area (Å²) in [4.78, 5) is 22.2. The molecule has 0 aromatic heterocycles. The second-order valence-corrected chi connectivity index (χ2v) is 6.58. The van der Waals surface area contributed by atoms with E-state index in [1.165, 1.54) is 24.3 Å². The molecule has 1 aromatic carbocycles. The molecule has 1 fully saturated rings. The number of hydrogen-bond acceptors (Lipinski definition) is 4. The number of sulfonamides is 1. The molecule has 0 radical (unpaired) electrons. The van der Waals surface area contributed by atoms with E-state index in [4.69, 9.17) is 5.11 Å². The second-order valence-electron chi connectivity index (χ2n) is 4.82. The van der Waals surface area contributed by atoms with Crippen LogP contribution in [0.15, 0.2) is 29.2 Å². The van der Waals surface area contributed by atoms with Crippen LogP contribution < -0.4 is 10.0 Å². The lowest BCUT2D eigenvalue weighted by molar-refractivity contribution is -0.136. The van der Waals surface area contributed by atoms with Crippen LogP contribution in [0.4, 0.5) is 0 Å². The van der Waals surface area contributed by atoms with Gasteiger partial charge >= 0.3 is 5.97 Å². The van der Waals surface area contributed by atoms with Crippen molar-refractivity contribution in [3.8, 4) is 0 Å². The van der Waals surface area contributed by atoms with Crippen LogP contribution in [0.5, 0.6) is 0 Å². The summed E-state index contributed by atoms with van der Waals surface area (Å²) < 4.78 is 26.2. The fraction of sp³-hybridized carbons (Fsp3) is 0.385. The van der Waals surface area contributed by atoms with Crippen molar-refractivity contribution in [3.05, 3.63) is 29.8 Å². The quantitative estimate of drug-likeness (QED) is 0.671. The molecule has 0 saturated heterocycles. The number of carbonyl (C=O) groups excluding carboxylic acids is 1. The van der Waals surface area contributed by atoms with E-state index < -0.39 is 16.0 Å². The molecule has 0 heterocycles. The summed E-state index contributed by atoms with van der Waals surface area (Å²) >= 11 is 0. The van der Waals surface area contributed by atoms with Gasteiger partial charge in [-0.1, -0.05) is 6.07 Å². The zero-order chi connectivity index (χ0) is 15.5. The fourth-order valence-electron chi connectivity index (χ4n) is 1.68. The Bertz CT molecular complexity index is 652. The Morgan fingerprint density at radius 1 is 1.29 bits per heavy atom. The maximum atomic E-state index is 12.0. The number of benzene rings is 1. The van der Waals surface area contributed by atoms with Gasteiger partial charge in [0.1, 0.15) is 0 Å². The van der Waals surface area contributed by atoms with Gasteiger partial charge < -0.3 is 10.4 Å². The van der Waals surface area contributed by atoms with Crippen molar-refractivity contribution in [2.24, 2.45) is 0 Å². The molecule has 8 heteroatoms. The smallest absolute Gasteiger partial charge is 0.304 e. The van der Waals surface area contributed by atoms with Crippen molar-refractivity contribution in [1.82, 2.24) is 10.0 Å². The molecule has 1 saturated carbocycles. The number of aliphatic carboxylic acids is 1. The Morgan fingerprint density at radius 2 is 2.00 bits per heavy atom. The molecule has 21 heavy (non-hydrogen) atoms. The molecule has 7 nitrogen and oxygen atoms in total. The lowest BCUT2D eigenvalue weighted by atomic mass is 10.2. The van der Waals surface area contributed by atoms with Gasteiger partial charge in [0, 0.05) is 18.2 Å². The molecule has 0 atom stereocenters. The Balaban J connectivity index is 2.07. The van der Waals surface area contributed by atoms with Gasteiger partial charge in [-0.3, -0.25) is 9.59 Å². The maximum Gasteiger partial charge on any atom is 0.304 e. The number of amides is 1. The Kier molecular flexibility index (Phi) is 4.59. The molecular weight excluding hydrogens is 296 g/mol. The van der Waals surface area contributed by atoms with Gasteiger partial charge in [-0.05, 0) is 31.0 Å². The van der Waals surface area contributed by atoms with Gasteiger partial charge in [-0.15, -0.1) is 0 Å². The van der Waals surface area contributed by atoms with Crippen LogP contribution in [0, 0.1) is 0 Å². The van der Waals surface area contributed by atoms with Crippen LogP contribution in [-0.4, -0.2) is 38.0 Å². The molecule has 1 aromatic rings. The third-order valence-electron chi connectivity index (χ3n) is 2.95. The normalized spacial score (nSPS) is 14.7. The average molecular weight is 312 g/mol. The van der Waals surface area contributed by atoms with E-state index in [1.807, 2.05) is 0 Å². The zero-order valence-electron chi connectivity index (χ0n) is 11.2. The monoisotopic (exact) mass is 312 g/mol. The van der Waals surface area contributed by atoms with E-state index in [1.54, 1.807) is 0 Å². The number of carbonyl (C=O) groups is 2. The highest BCUT2D eigenvalue weighted by Gasteiger charge is 2.24.